The van der Waals surface area contributed by atoms with Crippen LogP contribution in [0.5, 0.6) is 0 Å². The Morgan fingerprint density at radius 3 is 2.35 bits per heavy atom. The molecule has 0 aliphatic carbocycles. The summed E-state index contributed by atoms with van der Waals surface area (Å²) in [5, 5.41) is 5.78. The van der Waals surface area contributed by atoms with E-state index in [2.05, 4.69) is 27.7 Å². The van der Waals surface area contributed by atoms with Gasteiger partial charge in [0.05, 0.1) is 6.04 Å². The third kappa shape index (κ3) is 8.35. The van der Waals surface area contributed by atoms with Crippen LogP contribution in [-0.2, 0) is 9.59 Å². The lowest BCUT2D eigenvalue weighted by Crippen LogP contribution is -2.34. The molecular formula is C18H29N3O2. The third-order valence-electron chi connectivity index (χ3n) is 3.75. The van der Waals surface area contributed by atoms with Crippen molar-refractivity contribution < 1.29 is 9.59 Å². The molecule has 1 aromatic rings. The number of nitrogens with zero attached hydrogens (tertiary/aromatic N) is 1. The van der Waals surface area contributed by atoms with Gasteiger partial charge in [-0.1, -0.05) is 36.8 Å². The molecule has 1 aromatic carbocycles. The standard InChI is InChI=1S/C18H29N3O2/c1-15(22)19-13-9-5-8-12-18(23)20-14-17(21(2)3)16-10-6-4-7-11-16/h4,6-7,10-11,17H,5,8-9,12-14H2,1-3H3,(H,19,22)(H,20,23). The minimum absolute atomic E-state index is 0.00150. The van der Waals surface area contributed by atoms with Crippen LogP contribution in [0.1, 0.15) is 44.2 Å². The van der Waals surface area contributed by atoms with E-state index in [0.29, 0.717) is 19.5 Å². The van der Waals surface area contributed by atoms with Crippen LogP contribution < -0.4 is 10.6 Å². The summed E-state index contributed by atoms with van der Waals surface area (Å²) < 4.78 is 0. The molecule has 2 amide bonds. The molecule has 5 heteroatoms. The summed E-state index contributed by atoms with van der Waals surface area (Å²) in [6.07, 6.45) is 3.25. The molecule has 0 heterocycles. The van der Waals surface area contributed by atoms with Gasteiger partial charge in [-0.05, 0) is 32.5 Å². The van der Waals surface area contributed by atoms with Gasteiger partial charge >= 0.3 is 0 Å². The molecule has 0 aliphatic rings. The monoisotopic (exact) mass is 319 g/mol. The lowest BCUT2D eigenvalue weighted by Gasteiger charge is -2.25. The minimum atomic E-state index is -0.00150. The number of amides is 2. The van der Waals surface area contributed by atoms with Crippen LogP contribution in [0.25, 0.3) is 0 Å². The zero-order valence-corrected chi connectivity index (χ0v) is 14.5. The smallest absolute Gasteiger partial charge is 0.220 e. The molecule has 1 rings (SSSR count). The Labute approximate surface area is 139 Å². The summed E-state index contributed by atoms with van der Waals surface area (Å²) in [6, 6.07) is 10.4. The van der Waals surface area contributed by atoms with Gasteiger partial charge in [-0.3, -0.25) is 9.59 Å². The molecule has 0 aliphatic heterocycles. The van der Waals surface area contributed by atoms with Gasteiger partial charge in [-0.15, -0.1) is 0 Å². The van der Waals surface area contributed by atoms with E-state index < -0.39 is 0 Å². The summed E-state index contributed by atoms with van der Waals surface area (Å²) in [7, 11) is 4.04. The summed E-state index contributed by atoms with van der Waals surface area (Å²) in [5.74, 6) is 0.0886. The lowest BCUT2D eigenvalue weighted by molar-refractivity contribution is -0.121. The molecule has 5 nitrogen and oxygen atoms in total. The number of rotatable bonds is 10. The fourth-order valence-electron chi connectivity index (χ4n) is 2.42. The Morgan fingerprint density at radius 2 is 1.74 bits per heavy atom. The molecule has 0 fully saturated rings. The van der Waals surface area contributed by atoms with Crippen LogP contribution in [0.4, 0.5) is 0 Å². The molecule has 0 aromatic heterocycles. The highest BCUT2D eigenvalue weighted by Crippen LogP contribution is 2.16. The number of carbonyl (C=O) groups is 2. The molecule has 0 bridgehead atoms. The van der Waals surface area contributed by atoms with E-state index in [1.165, 1.54) is 12.5 Å². The largest absolute Gasteiger partial charge is 0.356 e. The Bertz CT molecular complexity index is 474. The number of benzene rings is 1. The molecular weight excluding hydrogens is 290 g/mol. The van der Waals surface area contributed by atoms with Crippen LogP contribution in [-0.4, -0.2) is 43.9 Å². The van der Waals surface area contributed by atoms with Crippen molar-refractivity contribution >= 4 is 11.8 Å². The lowest BCUT2D eigenvalue weighted by atomic mass is 10.1. The van der Waals surface area contributed by atoms with E-state index >= 15 is 0 Å². The number of hydrogen-bond acceptors (Lipinski definition) is 3. The first-order chi connectivity index (χ1) is 11.0. The topological polar surface area (TPSA) is 61.4 Å². The summed E-state index contributed by atoms with van der Waals surface area (Å²) in [6.45, 7) is 2.82. The number of hydrogen-bond donors (Lipinski definition) is 2. The second-order valence-electron chi connectivity index (χ2n) is 5.99. The normalized spacial score (nSPS) is 12.0. The van der Waals surface area contributed by atoms with Gasteiger partial charge in [-0.25, -0.2) is 0 Å². The molecule has 2 N–H and O–H groups in total. The zero-order valence-electron chi connectivity index (χ0n) is 14.5. The average Bonchev–Trinajstić information content (AvgIpc) is 2.51. The van der Waals surface area contributed by atoms with Gasteiger partial charge in [0.1, 0.15) is 0 Å². The molecule has 1 atom stereocenters. The van der Waals surface area contributed by atoms with Crippen molar-refractivity contribution in [3.8, 4) is 0 Å². The van der Waals surface area contributed by atoms with E-state index in [0.717, 1.165) is 19.3 Å². The zero-order chi connectivity index (χ0) is 17.1. The van der Waals surface area contributed by atoms with Gasteiger partial charge in [0, 0.05) is 26.4 Å². The van der Waals surface area contributed by atoms with Gasteiger partial charge < -0.3 is 15.5 Å². The number of nitrogens with one attached hydrogen (secondary N) is 2. The van der Waals surface area contributed by atoms with E-state index in [1.54, 1.807) is 0 Å². The van der Waals surface area contributed by atoms with Crippen molar-refractivity contribution in [2.45, 2.75) is 38.6 Å². The maximum absolute atomic E-state index is 11.9. The fourth-order valence-corrected chi connectivity index (χ4v) is 2.42. The maximum Gasteiger partial charge on any atom is 0.220 e. The van der Waals surface area contributed by atoms with Crippen LogP contribution in [0.2, 0.25) is 0 Å². The Morgan fingerprint density at radius 1 is 1.04 bits per heavy atom. The highest BCUT2D eigenvalue weighted by molar-refractivity contribution is 5.75. The summed E-state index contributed by atoms with van der Waals surface area (Å²) in [5.41, 5.74) is 1.20. The van der Waals surface area contributed by atoms with E-state index in [4.69, 9.17) is 0 Å². The average molecular weight is 319 g/mol. The molecule has 23 heavy (non-hydrogen) atoms. The molecule has 0 radical (unpaired) electrons. The minimum Gasteiger partial charge on any atom is -0.356 e. The van der Waals surface area contributed by atoms with Crippen LogP contribution >= 0.6 is 0 Å². The first-order valence-corrected chi connectivity index (χ1v) is 8.23. The third-order valence-corrected chi connectivity index (χ3v) is 3.75. The highest BCUT2D eigenvalue weighted by atomic mass is 16.2. The SMILES string of the molecule is CC(=O)NCCCCCC(=O)NCC(c1ccccc1)N(C)C. The van der Waals surface area contributed by atoms with E-state index in [9.17, 15) is 9.59 Å². The van der Waals surface area contributed by atoms with Crippen molar-refractivity contribution in [2.75, 3.05) is 27.2 Å². The van der Waals surface area contributed by atoms with Crippen LogP contribution in [0.3, 0.4) is 0 Å². The van der Waals surface area contributed by atoms with Crippen molar-refractivity contribution in [2.24, 2.45) is 0 Å². The second kappa shape index (κ2) is 10.8. The Kier molecular flexibility index (Phi) is 8.98. The first-order valence-electron chi connectivity index (χ1n) is 8.23. The predicted molar refractivity (Wildman–Crippen MR) is 93.0 cm³/mol. The van der Waals surface area contributed by atoms with Crippen molar-refractivity contribution in [1.82, 2.24) is 15.5 Å². The van der Waals surface area contributed by atoms with Gasteiger partial charge in [0.25, 0.3) is 0 Å². The van der Waals surface area contributed by atoms with Crippen LogP contribution in [0.15, 0.2) is 30.3 Å². The molecule has 128 valence electrons. The van der Waals surface area contributed by atoms with Gasteiger partial charge in [-0.2, -0.15) is 0 Å². The Hall–Kier alpha value is -1.88. The summed E-state index contributed by atoms with van der Waals surface area (Å²) in [4.78, 5) is 24.8. The second-order valence-corrected chi connectivity index (χ2v) is 5.99. The first kappa shape index (κ1) is 19.2. The quantitative estimate of drug-likeness (QED) is 0.649. The number of carbonyl (C=O) groups excluding carboxylic acids is 2. The van der Waals surface area contributed by atoms with Gasteiger partial charge in [0.2, 0.25) is 11.8 Å². The van der Waals surface area contributed by atoms with E-state index in [-0.39, 0.29) is 17.9 Å². The fraction of sp³-hybridized carbons (Fsp3) is 0.556. The van der Waals surface area contributed by atoms with Gasteiger partial charge in [0.15, 0.2) is 0 Å². The predicted octanol–water partition coefficient (Wildman–Crippen LogP) is 2.10. The molecule has 0 saturated carbocycles. The highest BCUT2D eigenvalue weighted by Gasteiger charge is 2.14. The molecule has 1 unspecified atom stereocenters. The summed E-state index contributed by atoms with van der Waals surface area (Å²) >= 11 is 0. The van der Waals surface area contributed by atoms with Crippen molar-refractivity contribution in [1.29, 1.82) is 0 Å². The number of unbranched alkanes of at least 4 members (excludes halogenated alkanes) is 2. The maximum atomic E-state index is 11.9. The van der Waals surface area contributed by atoms with Crippen molar-refractivity contribution in [3.05, 3.63) is 35.9 Å². The molecule has 0 spiro atoms. The van der Waals surface area contributed by atoms with Crippen LogP contribution in [0, 0.1) is 0 Å². The molecule has 0 saturated heterocycles. The Balaban J connectivity index is 2.24. The number of likely N-dealkylation sites (N-methyl/N-ethyl adjacent to an activating group) is 1. The van der Waals surface area contributed by atoms with Crippen molar-refractivity contribution in [3.63, 3.8) is 0 Å². The van der Waals surface area contributed by atoms with E-state index in [1.807, 2.05) is 32.3 Å².